The highest BCUT2D eigenvalue weighted by molar-refractivity contribution is 8.02. The van der Waals surface area contributed by atoms with Gasteiger partial charge in [-0.05, 0) is 65.8 Å². The Morgan fingerprint density at radius 2 is 1.50 bits per heavy atom. The minimum absolute atomic E-state index is 0.0648. The Kier molecular flexibility index (Phi) is 10.9. The van der Waals surface area contributed by atoms with Crippen molar-refractivity contribution in [1.82, 2.24) is 9.68 Å². The van der Waals surface area contributed by atoms with Crippen molar-refractivity contribution in [2.75, 3.05) is 33.3 Å². The number of benzene rings is 2. The first-order valence-corrected chi connectivity index (χ1v) is 16.0. The number of ether oxygens (including phenoxy) is 1. The van der Waals surface area contributed by atoms with Crippen LogP contribution in [0.15, 0.2) is 53.6 Å². The Hall–Kier alpha value is -1.58. The zero-order valence-electron chi connectivity index (χ0n) is 18.6. The van der Waals surface area contributed by atoms with Gasteiger partial charge in [-0.2, -0.15) is 5.10 Å². The second-order valence-corrected chi connectivity index (χ2v) is 13.0. The van der Waals surface area contributed by atoms with Crippen LogP contribution >= 0.6 is 22.3 Å². The fraction of sp³-hybridized carbons (Fsp3) is 0.316. The summed E-state index contributed by atoms with van der Waals surface area (Å²) in [5.74, 6) is 1.29. The first-order chi connectivity index (χ1) is 15.8. The Balaban J connectivity index is 1.91. The van der Waals surface area contributed by atoms with E-state index in [9.17, 15) is 9.13 Å². The van der Waals surface area contributed by atoms with Gasteiger partial charge in [0.1, 0.15) is 24.1 Å². The van der Waals surface area contributed by atoms with E-state index in [0.717, 1.165) is 21.8 Å². The minimum Gasteiger partial charge on any atom is -0.497 e. The van der Waals surface area contributed by atoms with Gasteiger partial charge in [0.15, 0.2) is 0 Å². The lowest BCUT2D eigenvalue weighted by atomic mass is 10.1. The van der Waals surface area contributed by atoms with Crippen molar-refractivity contribution >= 4 is 40.3 Å². The lowest BCUT2D eigenvalue weighted by Crippen LogP contribution is -2.28. The molecule has 0 spiro atoms. The Bertz CT molecular complexity index is 1050. The van der Waals surface area contributed by atoms with Crippen LogP contribution in [0.2, 0.25) is 0 Å². The van der Waals surface area contributed by atoms with Crippen LogP contribution in [0.3, 0.4) is 0 Å². The molecule has 15 heteroatoms. The summed E-state index contributed by atoms with van der Waals surface area (Å²) in [6, 6.07) is 14.3. The van der Waals surface area contributed by atoms with Crippen LogP contribution in [0.25, 0.3) is 0 Å². The molecule has 0 aliphatic heterocycles. The van der Waals surface area contributed by atoms with E-state index in [0.29, 0.717) is 12.2 Å². The molecule has 0 aliphatic rings. The molecule has 0 saturated heterocycles. The largest absolute Gasteiger partial charge is 0.497 e. The third kappa shape index (κ3) is 11.2. The molecule has 2 aromatic rings. The van der Waals surface area contributed by atoms with E-state index in [1.54, 1.807) is 49.4 Å². The standard InChI is InChI=1S/C19H28N3O8P3S/c1-21(20-13-17-5-7-18(29-2)8-6-17)31(34)30-19-9-3-16(4-10-19)11-12-22(14-32(23,24)25)15-33(26,27)28/h3-10,13,31H,11-12,14-15H2,1-2H3,(H2,23,24,25)(H2,26,27,28)/b20-13+. The maximum Gasteiger partial charge on any atom is 0.339 e. The summed E-state index contributed by atoms with van der Waals surface area (Å²) < 4.78 is 35.0. The van der Waals surface area contributed by atoms with Crippen molar-refractivity contribution in [1.29, 1.82) is 0 Å². The van der Waals surface area contributed by atoms with Crippen LogP contribution in [-0.2, 0) is 27.4 Å². The van der Waals surface area contributed by atoms with E-state index in [2.05, 4.69) is 5.10 Å². The SMILES string of the molecule is COc1ccc(/C=N/N(C)[PH](=S)Oc2ccc(CCN(CP(=O)(O)O)CP(=O)(O)O)cc2)cc1. The summed E-state index contributed by atoms with van der Waals surface area (Å²) >= 11 is 5.43. The van der Waals surface area contributed by atoms with Crippen molar-refractivity contribution in [2.45, 2.75) is 6.42 Å². The molecule has 0 aliphatic carbocycles. The highest BCUT2D eigenvalue weighted by atomic mass is 32.4. The Labute approximate surface area is 203 Å². The first-order valence-electron chi connectivity index (χ1n) is 9.89. The fourth-order valence-corrected chi connectivity index (χ4v) is 5.51. The predicted molar refractivity (Wildman–Crippen MR) is 135 cm³/mol. The second kappa shape index (κ2) is 12.9. The topological polar surface area (TPSA) is 152 Å². The van der Waals surface area contributed by atoms with Crippen molar-refractivity contribution in [3.05, 3.63) is 59.7 Å². The van der Waals surface area contributed by atoms with Crippen molar-refractivity contribution in [3.63, 3.8) is 0 Å². The molecule has 1 unspecified atom stereocenters. The van der Waals surface area contributed by atoms with Crippen LogP contribution < -0.4 is 9.26 Å². The zero-order valence-corrected chi connectivity index (χ0v) is 22.2. The lowest BCUT2D eigenvalue weighted by molar-refractivity contribution is 0.279. The quantitative estimate of drug-likeness (QED) is 0.165. The van der Waals surface area contributed by atoms with E-state index >= 15 is 0 Å². The predicted octanol–water partition coefficient (Wildman–Crippen LogP) is 2.66. The molecule has 2 rings (SSSR count). The van der Waals surface area contributed by atoms with Gasteiger partial charge in [-0.15, -0.1) is 0 Å². The van der Waals surface area contributed by atoms with Crippen molar-refractivity contribution < 1.29 is 38.0 Å². The van der Waals surface area contributed by atoms with Gasteiger partial charge < -0.3 is 28.8 Å². The Morgan fingerprint density at radius 1 is 0.971 bits per heavy atom. The molecule has 0 aromatic heterocycles. The van der Waals surface area contributed by atoms with Gasteiger partial charge in [-0.3, -0.25) is 14.0 Å². The molecular formula is C19H28N3O8P3S. The molecule has 0 saturated carbocycles. The smallest absolute Gasteiger partial charge is 0.339 e. The molecule has 2 aromatic carbocycles. The van der Waals surface area contributed by atoms with Gasteiger partial charge in [0.25, 0.3) is 0 Å². The number of methoxy groups -OCH3 is 1. The minimum atomic E-state index is -4.46. The van der Waals surface area contributed by atoms with Crippen LogP contribution in [0.1, 0.15) is 11.1 Å². The van der Waals surface area contributed by atoms with Crippen LogP contribution in [0.5, 0.6) is 11.5 Å². The highest BCUT2D eigenvalue weighted by Gasteiger charge is 2.25. The summed E-state index contributed by atoms with van der Waals surface area (Å²) in [6.45, 7) is 0.0648. The van der Waals surface area contributed by atoms with Gasteiger partial charge in [0.05, 0.1) is 13.3 Å². The van der Waals surface area contributed by atoms with Gasteiger partial charge in [-0.25, -0.2) is 4.78 Å². The van der Waals surface area contributed by atoms with Gasteiger partial charge in [0, 0.05) is 13.6 Å². The summed E-state index contributed by atoms with van der Waals surface area (Å²) in [7, 11) is -7.46. The Morgan fingerprint density at radius 3 is 2.00 bits per heavy atom. The normalized spacial score (nSPS) is 13.3. The number of hydrazone groups is 1. The van der Waals surface area contributed by atoms with Crippen LogP contribution in [0.4, 0.5) is 0 Å². The maximum absolute atomic E-state index is 11.3. The molecule has 4 N–H and O–H groups in total. The van der Waals surface area contributed by atoms with Crippen molar-refractivity contribution in [2.24, 2.45) is 5.10 Å². The molecule has 0 radical (unpaired) electrons. The second-order valence-electron chi connectivity index (χ2n) is 7.31. The monoisotopic (exact) mass is 551 g/mol. The average molecular weight is 551 g/mol. The molecule has 0 heterocycles. The lowest BCUT2D eigenvalue weighted by Gasteiger charge is -2.23. The molecule has 0 bridgehead atoms. The van der Waals surface area contributed by atoms with Crippen LogP contribution in [-0.4, -0.2) is 68.7 Å². The summed E-state index contributed by atoms with van der Waals surface area (Å²) in [5, 5.41) is 4.32. The number of rotatable bonds is 13. The summed E-state index contributed by atoms with van der Waals surface area (Å²) in [5.41, 5.74) is 1.69. The zero-order chi connectivity index (χ0) is 25.4. The molecule has 188 valence electrons. The first kappa shape index (κ1) is 28.7. The fourth-order valence-electron chi connectivity index (χ4n) is 2.78. The van der Waals surface area contributed by atoms with Crippen molar-refractivity contribution in [3.8, 4) is 11.5 Å². The van der Waals surface area contributed by atoms with Gasteiger partial charge >= 0.3 is 15.2 Å². The number of nitrogens with zero attached hydrogens (tertiary/aromatic N) is 3. The molecule has 0 fully saturated rings. The number of hydrogen-bond acceptors (Lipinski definition) is 7. The van der Waals surface area contributed by atoms with E-state index in [4.69, 9.17) is 40.6 Å². The van der Waals surface area contributed by atoms with E-state index < -0.39 is 34.8 Å². The molecular weight excluding hydrogens is 523 g/mol. The molecule has 1 atom stereocenters. The summed E-state index contributed by atoms with van der Waals surface area (Å²) in [4.78, 5) is 37.6. The van der Waals surface area contributed by atoms with E-state index in [1.807, 2.05) is 24.3 Å². The molecule has 0 amide bonds. The van der Waals surface area contributed by atoms with E-state index in [1.165, 1.54) is 0 Å². The molecule has 11 nitrogen and oxygen atoms in total. The summed E-state index contributed by atoms with van der Waals surface area (Å²) in [6.07, 6.45) is 0.538. The van der Waals surface area contributed by atoms with Gasteiger partial charge in [-0.1, -0.05) is 12.1 Å². The molecule has 34 heavy (non-hydrogen) atoms. The third-order valence-electron chi connectivity index (χ3n) is 4.37. The average Bonchev–Trinajstić information content (AvgIpc) is 2.75. The highest BCUT2D eigenvalue weighted by Crippen LogP contribution is 2.40. The van der Waals surface area contributed by atoms with E-state index in [-0.39, 0.29) is 6.54 Å². The van der Waals surface area contributed by atoms with Gasteiger partial charge in [0.2, 0.25) is 7.07 Å². The third-order valence-corrected chi connectivity index (χ3v) is 8.01. The maximum atomic E-state index is 11.3. The van der Waals surface area contributed by atoms with Crippen LogP contribution in [0, 0.1) is 0 Å². The number of hydrogen-bond donors (Lipinski definition) is 4.